The van der Waals surface area contributed by atoms with Crippen molar-refractivity contribution in [2.45, 2.75) is 6.04 Å². The smallest absolute Gasteiger partial charge is 0.313 e. The quantitative estimate of drug-likeness (QED) is 0.665. The number of carbonyl (C=O) groups is 2. The molecular weight excluding hydrogens is 423 g/mol. The van der Waals surface area contributed by atoms with Crippen molar-refractivity contribution in [3.05, 3.63) is 58.9 Å². The van der Waals surface area contributed by atoms with Crippen LogP contribution in [0.1, 0.15) is 11.6 Å². The number of ether oxygens (including phenoxy) is 1. The molecule has 3 rings (SSSR count). The second-order valence-electron chi connectivity index (χ2n) is 7.44. The predicted molar refractivity (Wildman–Crippen MR) is 119 cm³/mol. The molecule has 2 N–H and O–H groups in total. The molecule has 2 aromatic carbocycles. The third-order valence-corrected chi connectivity index (χ3v) is 5.41. The summed E-state index contributed by atoms with van der Waals surface area (Å²) in [5.74, 6) is -2.22. The number of rotatable bonds is 6. The Balaban J connectivity index is 1.66. The van der Waals surface area contributed by atoms with Crippen LogP contribution in [0, 0.1) is 5.82 Å². The summed E-state index contributed by atoms with van der Waals surface area (Å²) in [5.41, 5.74) is 2.36. The lowest BCUT2D eigenvalue weighted by atomic mass is 10.0. The van der Waals surface area contributed by atoms with Crippen LogP contribution in [0.4, 0.5) is 15.8 Å². The monoisotopic (exact) mass is 448 g/mol. The minimum atomic E-state index is -0.841. The molecule has 1 saturated heterocycles. The summed E-state index contributed by atoms with van der Waals surface area (Å²) in [7, 11) is 3.95. The molecule has 1 heterocycles. The summed E-state index contributed by atoms with van der Waals surface area (Å²) in [6.07, 6.45) is 0. The second kappa shape index (κ2) is 10.6. The van der Waals surface area contributed by atoms with E-state index in [4.69, 9.17) is 16.3 Å². The second-order valence-corrected chi connectivity index (χ2v) is 7.85. The number of amides is 2. The number of benzene rings is 2. The Labute approximate surface area is 186 Å². The molecule has 7 nitrogen and oxygen atoms in total. The fourth-order valence-electron chi connectivity index (χ4n) is 3.37. The van der Waals surface area contributed by atoms with Crippen molar-refractivity contribution in [3.8, 4) is 0 Å². The van der Waals surface area contributed by atoms with Gasteiger partial charge in [0.25, 0.3) is 0 Å². The molecule has 0 radical (unpaired) electrons. The number of nitrogens with zero attached hydrogens (tertiary/aromatic N) is 2. The van der Waals surface area contributed by atoms with Gasteiger partial charge in [0.05, 0.1) is 24.3 Å². The maximum Gasteiger partial charge on any atom is 0.313 e. The molecule has 0 unspecified atom stereocenters. The lowest BCUT2D eigenvalue weighted by molar-refractivity contribution is -0.136. The SMILES string of the molecule is CN(C)c1ccc([C@@H](CNC(=O)C(=O)Nc2ccc(F)c(Cl)c2)N2CCOCC2)cc1. The van der Waals surface area contributed by atoms with Gasteiger partial charge in [-0.05, 0) is 35.9 Å². The number of morpholine rings is 1. The number of halogens is 2. The molecule has 9 heteroatoms. The van der Waals surface area contributed by atoms with Crippen LogP contribution in [0.25, 0.3) is 0 Å². The molecule has 1 fully saturated rings. The van der Waals surface area contributed by atoms with Gasteiger partial charge in [-0.25, -0.2) is 4.39 Å². The minimum Gasteiger partial charge on any atom is -0.379 e. The highest BCUT2D eigenvalue weighted by molar-refractivity contribution is 6.39. The molecule has 0 saturated carbocycles. The number of hydrogen-bond donors (Lipinski definition) is 2. The van der Waals surface area contributed by atoms with Gasteiger partial charge in [0.2, 0.25) is 0 Å². The summed E-state index contributed by atoms with van der Waals surface area (Å²) < 4.78 is 18.7. The molecule has 166 valence electrons. The van der Waals surface area contributed by atoms with Gasteiger partial charge in [-0.2, -0.15) is 0 Å². The molecule has 0 bridgehead atoms. The van der Waals surface area contributed by atoms with Crippen LogP contribution in [0.15, 0.2) is 42.5 Å². The van der Waals surface area contributed by atoms with E-state index in [1.807, 2.05) is 43.3 Å². The molecule has 31 heavy (non-hydrogen) atoms. The Morgan fingerprint density at radius 3 is 2.42 bits per heavy atom. The van der Waals surface area contributed by atoms with Crippen LogP contribution in [-0.4, -0.2) is 63.7 Å². The van der Waals surface area contributed by atoms with Crippen molar-refractivity contribution in [1.82, 2.24) is 10.2 Å². The molecule has 0 spiro atoms. The average Bonchev–Trinajstić information content (AvgIpc) is 2.77. The van der Waals surface area contributed by atoms with E-state index < -0.39 is 17.6 Å². The number of carbonyl (C=O) groups excluding carboxylic acids is 2. The lowest BCUT2D eigenvalue weighted by Crippen LogP contribution is -2.45. The fourth-order valence-corrected chi connectivity index (χ4v) is 3.55. The van der Waals surface area contributed by atoms with Crippen molar-refractivity contribution in [2.24, 2.45) is 0 Å². The van der Waals surface area contributed by atoms with Gasteiger partial charge in [0.1, 0.15) is 5.82 Å². The van der Waals surface area contributed by atoms with Crippen molar-refractivity contribution in [2.75, 3.05) is 57.2 Å². The normalized spacial score (nSPS) is 15.2. The molecule has 1 aliphatic rings. The van der Waals surface area contributed by atoms with Gasteiger partial charge in [0, 0.05) is 45.1 Å². The zero-order chi connectivity index (χ0) is 22.4. The third kappa shape index (κ3) is 6.16. The van der Waals surface area contributed by atoms with Crippen LogP contribution in [0.5, 0.6) is 0 Å². The van der Waals surface area contributed by atoms with Crippen molar-refractivity contribution < 1.29 is 18.7 Å². The Kier molecular flexibility index (Phi) is 7.84. The van der Waals surface area contributed by atoms with Crippen LogP contribution in [0.2, 0.25) is 5.02 Å². The van der Waals surface area contributed by atoms with Crippen LogP contribution in [0.3, 0.4) is 0 Å². The average molecular weight is 449 g/mol. The van der Waals surface area contributed by atoms with Crippen molar-refractivity contribution >= 4 is 34.8 Å². The largest absolute Gasteiger partial charge is 0.379 e. The summed E-state index contributed by atoms with van der Waals surface area (Å²) >= 11 is 5.72. The molecule has 2 amide bonds. The maximum atomic E-state index is 13.3. The van der Waals surface area contributed by atoms with Gasteiger partial charge in [-0.15, -0.1) is 0 Å². The van der Waals surface area contributed by atoms with E-state index in [1.54, 1.807) is 0 Å². The standard InChI is InChI=1S/C22H26ClFN4O3/c1-27(2)17-6-3-15(4-7-17)20(28-9-11-31-12-10-28)14-25-21(29)22(30)26-16-5-8-19(24)18(23)13-16/h3-8,13,20H,9-12,14H2,1-2H3,(H,25,29)(H,26,30)/t20-/m1/s1. The van der Waals surface area contributed by atoms with E-state index in [0.717, 1.165) is 30.4 Å². The van der Waals surface area contributed by atoms with Gasteiger partial charge in [-0.1, -0.05) is 23.7 Å². The highest BCUT2D eigenvalue weighted by Crippen LogP contribution is 2.24. The van der Waals surface area contributed by atoms with Crippen molar-refractivity contribution in [3.63, 3.8) is 0 Å². The Bertz CT molecular complexity index is 917. The van der Waals surface area contributed by atoms with Gasteiger partial charge >= 0.3 is 11.8 Å². The maximum absolute atomic E-state index is 13.3. The first-order valence-corrected chi connectivity index (χ1v) is 10.4. The summed E-state index contributed by atoms with van der Waals surface area (Å²) in [4.78, 5) is 28.9. The zero-order valence-electron chi connectivity index (χ0n) is 17.5. The summed E-state index contributed by atoms with van der Waals surface area (Å²) in [5, 5.41) is 5.01. The number of hydrogen-bond acceptors (Lipinski definition) is 5. The summed E-state index contributed by atoms with van der Waals surface area (Å²) in [6, 6.07) is 11.7. The van der Waals surface area contributed by atoms with Gasteiger partial charge < -0.3 is 20.3 Å². The molecule has 2 aromatic rings. The topological polar surface area (TPSA) is 73.9 Å². The molecular formula is C22H26ClFN4O3. The van der Waals surface area contributed by atoms with Gasteiger partial charge in [-0.3, -0.25) is 14.5 Å². The number of nitrogens with one attached hydrogen (secondary N) is 2. The van der Waals surface area contributed by atoms with Crippen molar-refractivity contribution in [1.29, 1.82) is 0 Å². The highest BCUT2D eigenvalue weighted by Gasteiger charge is 2.24. The van der Waals surface area contributed by atoms with Crippen LogP contribution >= 0.6 is 11.6 Å². The van der Waals surface area contributed by atoms with Crippen LogP contribution < -0.4 is 15.5 Å². The Morgan fingerprint density at radius 2 is 1.81 bits per heavy atom. The first-order chi connectivity index (χ1) is 14.8. The first-order valence-electron chi connectivity index (χ1n) is 9.98. The minimum absolute atomic E-state index is 0.0999. The van der Waals surface area contributed by atoms with Crippen LogP contribution in [-0.2, 0) is 14.3 Å². The van der Waals surface area contributed by atoms with E-state index in [-0.39, 0.29) is 23.3 Å². The van der Waals surface area contributed by atoms with Gasteiger partial charge in [0.15, 0.2) is 0 Å². The molecule has 1 atom stereocenters. The molecule has 1 aliphatic heterocycles. The lowest BCUT2D eigenvalue weighted by Gasteiger charge is -2.35. The van der Waals surface area contributed by atoms with E-state index in [2.05, 4.69) is 15.5 Å². The van der Waals surface area contributed by atoms with E-state index in [9.17, 15) is 14.0 Å². The predicted octanol–water partition coefficient (Wildman–Crippen LogP) is 2.67. The zero-order valence-corrected chi connectivity index (χ0v) is 18.3. The highest BCUT2D eigenvalue weighted by atomic mass is 35.5. The van der Waals surface area contributed by atoms with E-state index in [1.165, 1.54) is 12.1 Å². The fraction of sp³-hybridized carbons (Fsp3) is 0.364. The Morgan fingerprint density at radius 1 is 1.13 bits per heavy atom. The van der Waals surface area contributed by atoms with E-state index in [0.29, 0.717) is 13.2 Å². The first kappa shape index (κ1) is 23.0. The molecule has 0 aromatic heterocycles. The third-order valence-electron chi connectivity index (χ3n) is 5.12. The molecule has 0 aliphatic carbocycles. The summed E-state index contributed by atoms with van der Waals surface area (Å²) in [6.45, 7) is 2.96. The van der Waals surface area contributed by atoms with E-state index >= 15 is 0 Å². The number of anilines is 2. The Hall–Kier alpha value is -2.68.